The molecule has 0 spiro atoms. The van der Waals surface area contributed by atoms with Gasteiger partial charge in [0.25, 0.3) is 0 Å². The second-order valence-electron chi connectivity index (χ2n) is 9.25. The lowest BCUT2D eigenvalue weighted by Gasteiger charge is -2.15. The predicted octanol–water partition coefficient (Wildman–Crippen LogP) is 7.58. The monoisotopic (exact) mass is 557 g/mol. The summed E-state index contributed by atoms with van der Waals surface area (Å²) < 4.78 is 5.95. The van der Waals surface area contributed by atoms with Gasteiger partial charge < -0.3 is 9.73 Å². The Hall–Kier alpha value is -3.39. The van der Waals surface area contributed by atoms with Gasteiger partial charge in [0.2, 0.25) is 17.4 Å². The van der Waals surface area contributed by atoms with Crippen molar-refractivity contribution in [3.8, 4) is 22.4 Å². The van der Waals surface area contributed by atoms with E-state index >= 15 is 0 Å². The first-order valence-corrected chi connectivity index (χ1v) is 12.5. The molecule has 3 amide bonds. The summed E-state index contributed by atoms with van der Waals surface area (Å²) in [7, 11) is 0. The Kier molecular flexibility index (Phi) is 7.59. The average Bonchev–Trinajstić information content (AvgIpc) is 3.19. The van der Waals surface area contributed by atoms with Crippen LogP contribution in [0.3, 0.4) is 0 Å². The van der Waals surface area contributed by atoms with E-state index in [9.17, 15) is 14.4 Å². The molecule has 37 heavy (non-hydrogen) atoms. The summed E-state index contributed by atoms with van der Waals surface area (Å²) >= 11 is 18.1. The molecule has 7 nitrogen and oxygen atoms in total. The molecule has 4 rings (SSSR count). The van der Waals surface area contributed by atoms with E-state index in [0.29, 0.717) is 32.3 Å². The first kappa shape index (κ1) is 26.7. The highest BCUT2D eigenvalue weighted by Gasteiger charge is 2.32. The summed E-state index contributed by atoms with van der Waals surface area (Å²) in [6.07, 6.45) is 0. The summed E-state index contributed by atoms with van der Waals surface area (Å²) in [5.41, 5.74) is 1.95. The van der Waals surface area contributed by atoms with Crippen LogP contribution in [0.4, 0.5) is 10.5 Å². The van der Waals surface area contributed by atoms with E-state index in [1.54, 1.807) is 45.0 Å². The van der Waals surface area contributed by atoms with Crippen LogP contribution >= 0.6 is 34.8 Å². The smallest absolute Gasteiger partial charge is 0.326 e. The van der Waals surface area contributed by atoms with Crippen molar-refractivity contribution in [2.75, 3.05) is 11.2 Å². The topological polar surface area (TPSA) is 101 Å². The molecule has 0 unspecified atom stereocenters. The Morgan fingerprint density at radius 2 is 1.65 bits per heavy atom. The second-order valence-corrected chi connectivity index (χ2v) is 10.4. The van der Waals surface area contributed by atoms with E-state index < -0.39 is 23.2 Å². The van der Waals surface area contributed by atoms with Gasteiger partial charge in [-0.1, -0.05) is 74.3 Å². The molecule has 0 saturated heterocycles. The highest BCUT2D eigenvalue weighted by molar-refractivity contribution is 6.33. The number of hydrogen-bond acceptors (Lipinski definition) is 5. The lowest BCUT2D eigenvalue weighted by Crippen LogP contribution is -2.35. The van der Waals surface area contributed by atoms with Crippen LogP contribution in [0, 0.1) is 5.41 Å². The number of imide groups is 1. The SMILES string of the molecule is CC(C)(C)C(=O)c1oc2nc(-c3ccccc3Cl)c(-c3ccc(Cl)cc3)cc2c1NC(=O)NC(=O)CCl. The molecule has 2 aromatic carbocycles. The van der Waals surface area contributed by atoms with Crippen molar-refractivity contribution in [2.45, 2.75) is 20.8 Å². The molecule has 0 atom stereocenters. The number of pyridine rings is 1. The van der Waals surface area contributed by atoms with Crippen molar-refractivity contribution in [3.63, 3.8) is 0 Å². The molecule has 2 heterocycles. The van der Waals surface area contributed by atoms with E-state index in [1.165, 1.54) is 0 Å². The Bertz CT molecular complexity index is 1520. The zero-order chi connectivity index (χ0) is 26.9. The van der Waals surface area contributed by atoms with Crippen LogP contribution in [0.1, 0.15) is 31.3 Å². The van der Waals surface area contributed by atoms with Gasteiger partial charge in [0.15, 0.2) is 5.76 Å². The van der Waals surface area contributed by atoms with E-state index in [2.05, 4.69) is 10.6 Å². The lowest BCUT2D eigenvalue weighted by atomic mass is 9.89. The Morgan fingerprint density at radius 1 is 0.973 bits per heavy atom. The number of halogens is 3. The number of ketones is 1. The first-order valence-electron chi connectivity index (χ1n) is 11.2. The van der Waals surface area contributed by atoms with Crippen LogP contribution in [-0.2, 0) is 4.79 Å². The van der Waals surface area contributed by atoms with Gasteiger partial charge in [-0.25, -0.2) is 9.78 Å². The Morgan fingerprint density at radius 3 is 2.27 bits per heavy atom. The molecule has 0 fully saturated rings. The van der Waals surface area contributed by atoms with Gasteiger partial charge in [-0.05, 0) is 29.8 Å². The van der Waals surface area contributed by atoms with Gasteiger partial charge in [0.1, 0.15) is 11.6 Å². The fourth-order valence-electron chi connectivity index (χ4n) is 3.66. The number of rotatable bonds is 5. The molecule has 0 aliphatic heterocycles. The highest BCUT2D eigenvalue weighted by atomic mass is 35.5. The van der Waals surface area contributed by atoms with Crippen LogP contribution in [0.25, 0.3) is 33.5 Å². The number of aromatic nitrogens is 1. The molecule has 0 aliphatic carbocycles. The number of furan rings is 1. The maximum atomic E-state index is 13.3. The molecular weight excluding hydrogens is 537 g/mol. The maximum Gasteiger partial charge on any atom is 0.326 e. The number of carbonyl (C=O) groups excluding carboxylic acids is 3. The van der Waals surface area contributed by atoms with Gasteiger partial charge >= 0.3 is 6.03 Å². The van der Waals surface area contributed by atoms with Gasteiger partial charge in [-0.15, -0.1) is 11.6 Å². The molecule has 4 aromatic rings. The number of nitrogens with zero attached hydrogens (tertiary/aromatic N) is 1. The number of hydrogen-bond donors (Lipinski definition) is 2. The number of anilines is 1. The van der Waals surface area contributed by atoms with Crippen molar-refractivity contribution >= 4 is 69.3 Å². The van der Waals surface area contributed by atoms with E-state index in [4.69, 9.17) is 44.2 Å². The number of Topliss-reactive ketones (excluding diaryl/α,β-unsaturated/α-hetero) is 1. The van der Waals surface area contributed by atoms with E-state index in [0.717, 1.165) is 5.56 Å². The van der Waals surface area contributed by atoms with Crippen LogP contribution in [-0.4, -0.2) is 28.6 Å². The van der Waals surface area contributed by atoms with Crippen LogP contribution in [0.15, 0.2) is 59.0 Å². The molecule has 0 saturated carbocycles. The minimum Gasteiger partial charge on any atom is -0.432 e. The molecule has 2 N–H and O–H groups in total. The lowest BCUT2D eigenvalue weighted by molar-refractivity contribution is -0.117. The third-order valence-corrected chi connectivity index (χ3v) is 6.29. The molecule has 10 heteroatoms. The fourth-order valence-corrected chi connectivity index (χ4v) is 4.08. The first-order chi connectivity index (χ1) is 17.5. The van der Waals surface area contributed by atoms with E-state index in [1.807, 2.05) is 30.3 Å². The Labute approximate surface area is 228 Å². The molecular formula is C27H22Cl3N3O4. The van der Waals surface area contributed by atoms with Gasteiger partial charge in [-0.2, -0.15) is 0 Å². The molecule has 0 bridgehead atoms. The summed E-state index contributed by atoms with van der Waals surface area (Å²) in [6, 6.07) is 15.2. The summed E-state index contributed by atoms with van der Waals surface area (Å²) in [5, 5.41) is 6.08. The van der Waals surface area contributed by atoms with Crippen LogP contribution in [0.2, 0.25) is 10.0 Å². The largest absolute Gasteiger partial charge is 0.432 e. The molecule has 190 valence electrons. The number of benzene rings is 2. The van der Waals surface area contributed by atoms with Crippen LogP contribution < -0.4 is 10.6 Å². The number of nitrogens with one attached hydrogen (secondary N) is 2. The predicted molar refractivity (Wildman–Crippen MR) is 147 cm³/mol. The minimum absolute atomic E-state index is 0.0863. The summed E-state index contributed by atoms with van der Waals surface area (Å²) in [6.45, 7) is 5.18. The summed E-state index contributed by atoms with van der Waals surface area (Å²) in [5.74, 6) is -1.56. The number of amides is 3. The van der Waals surface area contributed by atoms with Crippen molar-refractivity contribution in [1.82, 2.24) is 10.3 Å². The standard InChI is InChI=1S/C27H22Cl3N3O4/c1-27(2,3)24(35)23-22(33-26(36)31-20(34)13-28)18-12-17(14-8-10-15(29)11-9-14)21(32-25(18)37-23)16-6-4-5-7-19(16)30/h4-12H,13H2,1-3H3,(H2,31,33,34,36). The van der Waals surface area contributed by atoms with E-state index in [-0.39, 0.29) is 22.9 Å². The van der Waals surface area contributed by atoms with Gasteiger partial charge in [0, 0.05) is 26.6 Å². The second kappa shape index (κ2) is 10.5. The van der Waals surface area contributed by atoms with Crippen molar-refractivity contribution < 1.29 is 18.8 Å². The van der Waals surface area contributed by atoms with Crippen molar-refractivity contribution in [1.29, 1.82) is 0 Å². The third-order valence-electron chi connectivity index (χ3n) is 5.47. The van der Waals surface area contributed by atoms with Gasteiger partial charge in [0.05, 0.1) is 11.1 Å². The number of fused-ring (bicyclic) bond motifs is 1. The average molecular weight is 559 g/mol. The molecule has 0 radical (unpaired) electrons. The number of alkyl halides is 1. The molecule has 0 aliphatic rings. The fraction of sp³-hybridized carbons (Fsp3) is 0.185. The van der Waals surface area contributed by atoms with Crippen molar-refractivity contribution in [3.05, 3.63) is 70.4 Å². The zero-order valence-corrected chi connectivity index (χ0v) is 22.4. The quantitative estimate of drug-likeness (QED) is 0.194. The maximum absolute atomic E-state index is 13.3. The number of urea groups is 1. The molecule has 2 aromatic heterocycles. The highest BCUT2D eigenvalue weighted by Crippen LogP contribution is 2.41. The zero-order valence-electron chi connectivity index (χ0n) is 20.1. The normalized spacial score (nSPS) is 11.4. The Balaban J connectivity index is 2.01. The minimum atomic E-state index is -0.862. The van der Waals surface area contributed by atoms with Gasteiger partial charge in [-0.3, -0.25) is 14.9 Å². The van der Waals surface area contributed by atoms with Crippen molar-refractivity contribution in [2.24, 2.45) is 5.41 Å². The van der Waals surface area contributed by atoms with Crippen LogP contribution in [0.5, 0.6) is 0 Å². The third kappa shape index (κ3) is 5.64. The number of carbonyl (C=O) groups is 3. The summed E-state index contributed by atoms with van der Waals surface area (Å²) in [4.78, 5) is 42.3.